The summed E-state index contributed by atoms with van der Waals surface area (Å²) in [5.74, 6) is 0.293. The number of carbonyl (C=O) groups excluding carboxylic acids is 2. The summed E-state index contributed by atoms with van der Waals surface area (Å²) < 4.78 is 5.18. The lowest BCUT2D eigenvalue weighted by atomic mass is 10.0. The molecule has 5 heteroatoms. The lowest BCUT2D eigenvalue weighted by molar-refractivity contribution is -0.132. The summed E-state index contributed by atoms with van der Waals surface area (Å²) in [4.78, 5) is 27.5. The molecule has 29 heavy (non-hydrogen) atoms. The van der Waals surface area contributed by atoms with Gasteiger partial charge in [-0.05, 0) is 35.4 Å². The maximum atomic E-state index is 13.2. The number of ether oxygens (including phenoxy) is 1. The van der Waals surface area contributed by atoms with E-state index in [1.807, 2.05) is 60.7 Å². The Bertz CT molecular complexity index is 941. The fourth-order valence-corrected chi connectivity index (χ4v) is 3.04. The molecule has 2 amide bonds. The highest BCUT2D eigenvalue weighted by molar-refractivity contribution is 5.97. The SMILES string of the molecule is COc1ccc(CN(C)C(=O)C(NC(=O)c2ccccc2)c2ccccc2)cc1. The summed E-state index contributed by atoms with van der Waals surface area (Å²) in [6, 6.07) is 25.0. The number of carbonyl (C=O) groups is 2. The van der Waals surface area contributed by atoms with Gasteiger partial charge in [0, 0.05) is 19.2 Å². The third kappa shape index (κ3) is 5.23. The summed E-state index contributed by atoms with van der Waals surface area (Å²) >= 11 is 0. The second kappa shape index (κ2) is 9.55. The zero-order valence-electron chi connectivity index (χ0n) is 16.5. The van der Waals surface area contributed by atoms with E-state index in [-0.39, 0.29) is 11.8 Å². The third-order valence-corrected chi connectivity index (χ3v) is 4.65. The van der Waals surface area contributed by atoms with Gasteiger partial charge in [-0.3, -0.25) is 9.59 Å². The zero-order valence-corrected chi connectivity index (χ0v) is 16.5. The number of amides is 2. The van der Waals surface area contributed by atoms with Crippen molar-refractivity contribution in [2.24, 2.45) is 0 Å². The van der Waals surface area contributed by atoms with Crippen LogP contribution in [0, 0.1) is 0 Å². The molecule has 0 spiro atoms. The number of likely N-dealkylation sites (N-methyl/N-ethyl adjacent to an activating group) is 1. The average molecular weight is 388 g/mol. The largest absolute Gasteiger partial charge is 0.497 e. The fourth-order valence-electron chi connectivity index (χ4n) is 3.04. The van der Waals surface area contributed by atoms with Gasteiger partial charge in [0.15, 0.2) is 0 Å². The average Bonchev–Trinajstić information content (AvgIpc) is 2.78. The first kappa shape index (κ1) is 20.1. The Morgan fingerprint density at radius 3 is 2.07 bits per heavy atom. The van der Waals surface area contributed by atoms with Gasteiger partial charge in [0.1, 0.15) is 11.8 Å². The number of rotatable bonds is 7. The van der Waals surface area contributed by atoms with Gasteiger partial charge in [0.25, 0.3) is 5.91 Å². The van der Waals surface area contributed by atoms with Gasteiger partial charge in [0.2, 0.25) is 5.91 Å². The molecule has 0 aromatic heterocycles. The van der Waals surface area contributed by atoms with Crippen molar-refractivity contribution in [1.29, 1.82) is 0 Å². The molecule has 0 saturated carbocycles. The van der Waals surface area contributed by atoms with Crippen molar-refractivity contribution in [3.8, 4) is 5.75 Å². The highest BCUT2D eigenvalue weighted by Gasteiger charge is 2.26. The van der Waals surface area contributed by atoms with Crippen molar-refractivity contribution in [1.82, 2.24) is 10.2 Å². The van der Waals surface area contributed by atoms with Gasteiger partial charge in [-0.1, -0.05) is 60.7 Å². The molecule has 0 aliphatic carbocycles. The van der Waals surface area contributed by atoms with Gasteiger partial charge >= 0.3 is 0 Å². The molecule has 148 valence electrons. The fraction of sp³-hybridized carbons (Fsp3) is 0.167. The molecule has 0 fully saturated rings. The predicted molar refractivity (Wildman–Crippen MR) is 113 cm³/mol. The van der Waals surface area contributed by atoms with E-state index in [2.05, 4.69) is 5.32 Å². The molecule has 1 atom stereocenters. The number of hydrogen-bond acceptors (Lipinski definition) is 3. The van der Waals surface area contributed by atoms with Crippen LogP contribution in [0.2, 0.25) is 0 Å². The third-order valence-electron chi connectivity index (χ3n) is 4.65. The molecule has 1 unspecified atom stereocenters. The van der Waals surface area contributed by atoms with Crippen LogP contribution in [0.5, 0.6) is 5.75 Å². The van der Waals surface area contributed by atoms with Gasteiger partial charge in [-0.25, -0.2) is 0 Å². The second-order valence-corrected chi connectivity index (χ2v) is 6.73. The molecular weight excluding hydrogens is 364 g/mol. The molecule has 3 aromatic carbocycles. The summed E-state index contributed by atoms with van der Waals surface area (Å²) in [5, 5.41) is 2.88. The maximum Gasteiger partial charge on any atom is 0.252 e. The Morgan fingerprint density at radius 2 is 1.48 bits per heavy atom. The Hall–Kier alpha value is -3.60. The van der Waals surface area contributed by atoms with Crippen LogP contribution in [-0.4, -0.2) is 30.9 Å². The highest BCUT2D eigenvalue weighted by atomic mass is 16.5. The Labute approximate surface area is 170 Å². The van der Waals surface area contributed by atoms with Gasteiger partial charge in [0.05, 0.1) is 7.11 Å². The maximum absolute atomic E-state index is 13.2. The van der Waals surface area contributed by atoms with Gasteiger partial charge in [-0.15, -0.1) is 0 Å². The number of hydrogen-bond donors (Lipinski definition) is 1. The predicted octanol–water partition coefficient (Wildman–Crippen LogP) is 3.82. The van der Waals surface area contributed by atoms with E-state index in [0.717, 1.165) is 16.9 Å². The van der Waals surface area contributed by atoms with Crippen molar-refractivity contribution >= 4 is 11.8 Å². The van der Waals surface area contributed by atoms with Crippen molar-refractivity contribution in [2.75, 3.05) is 14.2 Å². The minimum Gasteiger partial charge on any atom is -0.497 e. The summed E-state index contributed by atoms with van der Waals surface area (Å²) in [5.41, 5.74) is 2.23. The molecule has 1 N–H and O–H groups in total. The first-order chi connectivity index (χ1) is 14.1. The highest BCUT2D eigenvalue weighted by Crippen LogP contribution is 2.19. The Balaban J connectivity index is 1.79. The quantitative estimate of drug-likeness (QED) is 0.669. The van der Waals surface area contributed by atoms with E-state index in [4.69, 9.17) is 4.74 Å². The lowest BCUT2D eigenvalue weighted by Crippen LogP contribution is -2.41. The molecular formula is C24H24N2O3. The Morgan fingerprint density at radius 1 is 0.897 bits per heavy atom. The van der Waals surface area contributed by atoms with Crippen molar-refractivity contribution in [3.63, 3.8) is 0 Å². The number of methoxy groups -OCH3 is 1. The second-order valence-electron chi connectivity index (χ2n) is 6.73. The van der Waals surface area contributed by atoms with E-state index in [9.17, 15) is 9.59 Å². The number of nitrogens with zero attached hydrogens (tertiary/aromatic N) is 1. The van der Waals surface area contributed by atoms with E-state index < -0.39 is 6.04 Å². The van der Waals surface area contributed by atoms with E-state index in [1.54, 1.807) is 43.3 Å². The van der Waals surface area contributed by atoms with E-state index in [0.29, 0.717) is 12.1 Å². The van der Waals surface area contributed by atoms with Crippen molar-refractivity contribution < 1.29 is 14.3 Å². The van der Waals surface area contributed by atoms with Crippen LogP contribution in [0.4, 0.5) is 0 Å². The molecule has 0 saturated heterocycles. The monoisotopic (exact) mass is 388 g/mol. The van der Waals surface area contributed by atoms with Crippen LogP contribution in [-0.2, 0) is 11.3 Å². The minimum absolute atomic E-state index is 0.184. The van der Waals surface area contributed by atoms with Crippen LogP contribution in [0.25, 0.3) is 0 Å². The van der Waals surface area contributed by atoms with Crippen LogP contribution in [0.3, 0.4) is 0 Å². The molecule has 3 rings (SSSR count). The first-order valence-electron chi connectivity index (χ1n) is 9.37. The van der Waals surface area contributed by atoms with Crippen molar-refractivity contribution in [3.05, 3.63) is 102 Å². The van der Waals surface area contributed by atoms with Crippen LogP contribution in [0.15, 0.2) is 84.9 Å². The molecule has 0 heterocycles. The molecule has 0 radical (unpaired) electrons. The van der Waals surface area contributed by atoms with Crippen molar-refractivity contribution in [2.45, 2.75) is 12.6 Å². The lowest BCUT2D eigenvalue weighted by Gasteiger charge is -2.25. The van der Waals surface area contributed by atoms with Crippen LogP contribution < -0.4 is 10.1 Å². The number of nitrogens with one attached hydrogen (secondary N) is 1. The topological polar surface area (TPSA) is 58.6 Å². The van der Waals surface area contributed by atoms with Gasteiger partial charge in [-0.2, -0.15) is 0 Å². The number of benzene rings is 3. The zero-order chi connectivity index (χ0) is 20.6. The van der Waals surface area contributed by atoms with Gasteiger partial charge < -0.3 is 15.0 Å². The summed E-state index contributed by atoms with van der Waals surface area (Å²) in [6.45, 7) is 0.424. The van der Waals surface area contributed by atoms with E-state index in [1.165, 1.54) is 0 Å². The molecule has 3 aromatic rings. The first-order valence-corrected chi connectivity index (χ1v) is 9.37. The summed E-state index contributed by atoms with van der Waals surface area (Å²) in [6.07, 6.45) is 0. The van der Waals surface area contributed by atoms with Crippen LogP contribution in [0.1, 0.15) is 27.5 Å². The van der Waals surface area contributed by atoms with Crippen LogP contribution >= 0.6 is 0 Å². The van der Waals surface area contributed by atoms with E-state index >= 15 is 0 Å². The molecule has 0 aliphatic rings. The molecule has 5 nitrogen and oxygen atoms in total. The normalized spacial score (nSPS) is 11.4. The summed E-state index contributed by atoms with van der Waals surface area (Å²) in [7, 11) is 3.35. The molecule has 0 aliphatic heterocycles. The Kier molecular flexibility index (Phi) is 6.63. The minimum atomic E-state index is -0.771. The molecule has 0 bridgehead atoms. The standard InChI is InChI=1S/C24H24N2O3/c1-26(17-18-13-15-21(29-2)16-14-18)24(28)22(19-9-5-3-6-10-19)25-23(27)20-11-7-4-8-12-20/h3-16,22H,17H2,1-2H3,(H,25,27). The smallest absolute Gasteiger partial charge is 0.252 e.